The number of hydrogen-bond acceptors (Lipinski definition) is 11. The monoisotopic (exact) mass is 434 g/mol. The molecule has 0 saturated carbocycles. The summed E-state index contributed by atoms with van der Waals surface area (Å²) >= 11 is 0. The van der Waals surface area contributed by atoms with Crippen molar-refractivity contribution in [3.8, 4) is 0 Å². The van der Waals surface area contributed by atoms with Crippen LogP contribution in [-0.4, -0.2) is 78.9 Å². The number of carbonyl (C=O) groups excluding carboxylic acids is 4. The number of carbonyl (C=O) groups is 5. The second kappa shape index (κ2) is 12.1. The Hall–Kier alpha value is -2.73. The highest BCUT2D eigenvalue weighted by Gasteiger charge is 2.52. The van der Waals surface area contributed by atoms with E-state index in [0.29, 0.717) is 0 Å². The van der Waals surface area contributed by atoms with Gasteiger partial charge < -0.3 is 33.5 Å². The molecule has 1 saturated heterocycles. The van der Waals surface area contributed by atoms with Crippen molar-refractivity contribution in [1.29, 1.82) is 0 Å². The van der Waals surface area contributed by atoms with Crippen molar-refractivity contribution < 1.29 is 57.5 Å². The summed E-state index contributed by atoms with van der Waals surface area (Å²) in [6.45, 7) is 4.04. The van der Waals surface area contributed by atoms with Crippen LogP contribution in [0, 0.1) is 0 Å². The predicted octanol–water partition coefficient (Wildman–Crippen LogP) is -0.0491. The Bertz CT molecular complexity index is 645. The number of ether oxygens (including phenoxy) is 6. The molecule has 0 bridgehead atoms. The molecule has 1 heterocycles. The molecular weight excluding hydrogens is 408 g/mol. The average Bonchev–Trinajstić information content (AvgIpc) is 2.60. The van der Waals surface area contributed by atoms with Crippen LogP contribution in [0.25, 0.3) is 0 Å². The van der Waals surface area contributed by atoms with Crippen molar-refractivity contribution in [2.24, 2.45) is 0 Å². The molecule has 0 spiro atoms. The maximum Gasteiger partial charge on any atom is 0.303 e. The number of aliphatic carboxylic acids is 1. The lowest BCUT2D eigenvalue weighted by Gasteiger charge is -2.44. The topological polar surface area (TPSA) is 161 Å². The van der Waals surface area contributed by atoms with Gasteiger partial charge in [0.1, 0.15) is 12.7 Å². The smallest absolute Gasteiger partial charge is 0.303 e. The third-order valence-electron chi connectivity index (χ3n) is 3.77. The molecule has 12 heteroatoms. The van der Waals surface area contributed by atoms with Crippen molar-refractivity contribution in [3.63, 3.8) is 0 Å². The molecule has 0 aromatic rings. The van der Waals surface area contributed by atoms with E-state index in [9.17, 15) is 24.0 Å². The molecule has 1 rings (SSSR count). The van der Waals surface area contributed by atoms with E-state index in [1.54, 1.807) is 0 Å². The minimum absolute atomic E-state index is 0.0833. The van der Waals surface area contributed by atoms with Crippen molar-refractivity contribution in [2.45, 2.75) is 71.2 Å². The van der Waals surface area contributed by atoms with Crippen LogP contribution in [0.15, 0.2) is 0 Å². The SMILES string of the molecule is CC(=O)OC[C@H]1O[C@@H](OCCCC(=O)O)[C@H](OC(C)=O)[C@@H](OC(C)=O)[C@H]1OC(C)=O. The summed E-state index contributed by atoms with van der Waals surface area (Å²) < 4.78 is 31.8. The maximum atomic E-state index is 11.7. The number of carboxylic acid groups (broad SMARTS) is 1. The molecule has 1 N–H and O–H groups in total. The molecule has 170 valence electrons. The highest BCUT2D eigenvalue weighted by molar-refractivity contribution is 5.68. The first-order chi connectivity index (χ1) is 14.0. The highest BCUT2D eigenvalue weighted by atomic mass is 16.7. The fourth-order valence-electron chi connectivity index (χ4n) is 2.75. The average molecular weight is 434 g/mol. The minimum Gasteiger partial charge on any atom is -0.481 e. The van der Waals surface area contributed by atoms with Gasteiger partial charge in [-0.25, -0.2) is 0 Å². The molecule has 0 amide bonds. The zero-order valence-corrected chi connectivity index (χ0v) is 17.2. The molecule has 0 radical (unpaired) electrons. The van der Waals surface area contributed by atoms with Crippen LogP contribution in [0.2, 0.25) is 0 Å². The van der Waals surface area contributed by atoms with Gasteiger partial charge in [0, 0.05) is 34.1 Å². The van der Waals surface area contributed by atoms with E-state index in [0.717, 1.165) is 27.7 Å². The molecule has 1 fully saturated rings. The minimum atomic E-state index is -1.32. The Balaban J connectivity index is 3.17. The van der Waals surface area contributed by atoms with E-state index in [-0.39, 0.29) is 26.1 Å². The fraction of sp³-hybridized carbons (Fsp3) is 0.722. The van der Waals surface area contributed by atoms with Gasteiger partial charge in [-0.1, -0.05) is 0 Å². The van der Waals surface area contributed by atoms with Crippen molar-refractivity contribution in [3.05, 3.63) is 0 Å². The van der Waals surface area contributed by atoms with Crippen LogP contribution in [0.5, 0.6) is 0 Å². The Kier molecular flexibility index (Phi) is 10.2. The molecule has 0 aromatic carbocycles. The second-order valence-corrected chi connectivity index (χ2v) is 6.44. The standard InChI is InChI=1S/C18H26O12/c1-9(19)26-8-13-15(27-10(2)20)16(28-11(3)21)17(29-12(4)22)18(30-13)25-7-5-6-14(23)24/h13,15-18H,5-8H2,1-4H3,(H,23,24)/t13-,15+,16+,17-,18-/m1/s1. The van der Waals surface area contributed by atoms with Gasteiger partial charge >= 0.3 is 29.8 Å². The summed E-state index contributed by atoms with van der Waals surface area (Å²) in [5, 5.41) is 8.73. The molecule has 0 unspecified atom stereocenters. The molecular formula is C18H26O12. The lowest BCUT2D eigenvalue weighted by Crippen LogP contribution is -2.63. The van der Waals surface area contributed by atoms with Gasteiger partial charge in [-0.15, -0.1) is 0 Å². The quantitative estimate of drug-likeness (QED) is 0.278. The van der Waals surface area contributed by atoms with Crippen molar-refractivity contribution >= 4 is 29.8 Å². The van der Waals surface area contributed by atoms with Gasteiger partial charge in [0.25, 0.3) is 0 Å². The van der Waals surface area contributed by atoms with Crippen LogP contribution in [0.3, 0.4) is 0 Å². The number of esters is 4. The van der Waals surface area contributed by atoms with Gasteiger partial charge in [-0.05, 0) is 6.42 Å². The predicted molar refractivity (Wildman–Crippen MR) is 94.8 cm³/mol. The summed E-state index contributed by atoms with van der Waals surface area (Å²) in [6, 6.07) is 0. The van der Waals surface area contributed by atoms with Crippen molar-refractivity contribution in [1.82, 2.24) is 0 Å². The molecule has 30 heavy (non-hydrogen) atoms. The van der Waals surface area contributed by atoms with Gasteiger partial charge in [0.15, 0.2) is 24.6 Å². The van der Waals surface area contributed by atoms with E-state index in [4.69, 9.17) is 33.5 Å². The van der Waals surface area contributed by atoms with Gasteiger partial charge in [-0.3, -0.25) is 24.0 Å². The van der Waals surface area contributed by atoms with E-state index < -0.39 is 60.6 Å². The summed E-state index contributed by atoms with van der Waals surface area (Å²) in [4.78, 5) is 56.7. The van der Waals surface area contributed by atoms with Crippen LogP contribution >= 0.6 is 0 Å². The lowest BCUT2D eigenvalue weighted by atomic mass is 9.98. The van der Waals surface area contributed by atoms with Crippen LogP contribution in [-0.2, 0) is 52.4 Å². The van der Waals surface area contributed by atoms with Gasteiger partial charge in [-0.2, -0.15) is 0 Å². The fourth-order valence-corrected chi connectivity index (χ4v) is 2.75. The summed E-state index contributed by atoms with van der Waals surface area (Å²) in [6.07, 6.45) is -6.39. The Morgan fingerprint density at radius 2 is 1.33 bits per heavy atom. The Morgan fingerprint density at radius 1 is 0.800 bits per heavy atom. The van der Waals surface area contributed by atoms with Gasteiger partial charge in [0.2, 0.25) is 0 Å². The third-order valence-corrected chi connectivity index (χ3v) is 3.77. The van der Waals surface area contributed by atoms with Crippen LogP contribution in [0.1, 0.15) is 40.5 Å². The lowest BCUT2D eigenvalue weighted by molar-refractivity contribution is -0.308. The van der Waals surface area contributed by atoms with Gasteiger partial charge in [0.05, 0.1) is 6.61 Å². The first kappa shape index (κ1) is 25.3. The second-order valence-electron chi connectivity index (χ2n) is 6.44. The molecule has 1 aliphatic heterocycles. The molecule has 0 aliphatic carbocycles. The summed E-state index contributed by atoms with van der Waals surface area (Å²) in [5.41, 5.74) is 0. The Labute approximate surface area is 172 Å². The van der Waals surface area contributed by atoms with Crippen molar-refractivity contribution in [2.75, 3.05) is 13.2 Å². The van der Waals surface area contributed by atoms with Crippen LogP contribution < -0.4 is 0 Å². The summed E-state index contributed by atoms with van der Waals surface area (Å²) in [7, 11) is 0. The van der Waals surface area contributed by atoms with E-state index >= 15 is 0 Å². The Morgan fingerprint density at radius 3 is 1.83 bits per heavy atom. The molecule has 0 aromatic heterocycles. The molecule has 1 aliphatic rings. The van der Waals surface area contributed by atoms with E-state index in [1.165, 1.54) is 0 Å². The highest BCUT2D eigenvalue weighted by Crippen LogP contribution is 2.30. The maximum absolute atomic E-state index is 11.7. The number of rotatable bonds is 10. The van der Waals surface area contributed by atoms with E-state index in [2.05, 4.69) is 0 Å². The molecule has 12 nitrogen and oxygen atoms in total. The summed E-state index contributed by atoms with van der Waals surface area (Å²) in [5.74, 6) is -3.91. The number of carboxylic acids is 1. The first-order valence-electron chi connectivity index (χ1n) is 9.15. The van der Waals surface area contributed by atoms with Crippen LogP contribution in [0.4, 0.5) is 0 Å². The van der Waals surface area contributed by atoms with E-state index in [1.807, 2.05) is 0 Å². The largest absolute Gasteiger partial charge is 0.481 e. The normalized spacial score (nSPS) is 25.7. The molecule has 5 atom stereocenters. The third kappa shape index (κ3) is 8.74. The zero-order valence-electron chi connectivity index (χ0n) is 17.2. The number of hydrogen-bond donors (Lipinski definition) is 1. The zero-order chi connectivity index (χ0) is 22.8. The first-order valence-corrected chi connectivity index (χ1v) is 9.15.